The van der Waals surface area contributed by atoms with E-state index >= 15 is 0 Å². The number of rotatable bonds is 4. The summed E-state index contributed by atoms with van der Waals surface area (Å²) in [6.07, 6.45) is 0.968. The number of fused-ring (bicyclic) bond motifs is 1. The number of hydrogen-bond acceptors (Lipinski definition) is 3. The fourth-order valence-corrected chi connectivity index (χ4v) is 2.66. The number of carbonyl (C=O) groups excluding carboxylic acids is 1. The van der Waals surface area contributed by atoms with Crippen molar-refractivity contribution in [2.45, 2.75) is 25.7 Å². The Balaban J connectivity index is 2.35. The molecule has 2 N–H and O–H groups in total. The molecule has 1 aromatic rings. The molecular weight excluding hydrogens is 238 g/mol. The predicted octanol–water partition coefficient (Wildman–Crippen LogP) is 1.73. The lowest BCUT2D eigenvalue weighted by atomic mass is 9.86. The molecule has 1 aromatic carbocycles. The van der Waals surface area contributed by atoms with Gasteiger partial charge in [-0.05, 0) is 50.6 Å². The van der Waals surface area contributed by atoms with Crippen molar-refractivity contribution in [3.8, 4) is 0 Å². The molecule has 0 spiro atoms. The minimum atomic E-state index is -0.436. The normalized spacial score (nSPS) is 16.7. The van der Waals surface area contributed by atoms with Crippen LogP contribution in [0.3, 0.4) is 0 Å². The zero-order chi connectivity index (χ0) is 14.2. The Morgan fingerprint density at radius 2 is 2.05 bits per heavy atom. The standard InChI is InChI=1S/C15H23N3O/c1-15(2)12-10-11(17(3)9-5-8-16)6-7-13(12)18(4)14(15)19/h6-7,10H,5,8-9,16H2,1-4H3. The number of benzene rings is 1. The summed E-state index contributed by atoms with van der Waals surface area (Å²) in [6, 6.07) is 6.24. The first kappa shape index (κ1) is 13.9. The predicted molar refractivity (Wildman–Crippen MR) is 79.8 cm³/mol. The zero-order valence-corrected chi connectivity index (χ0v) is 12.2. The Morgan fingerprint density at radius 1 is 1.37 bits per heavy atom. The van der Waals surface area contributed by atoms with E-state index in [0.29, 0.717) is 6.54 Å². The van der Waals surface area contributed by atoms with Crippen molar-refractivity contribution >= 4 is 17.3 Å². The lowest BCUT2D eigenvalue weighted by molar-refractivity contribution is -0.121. The second kappa shape index (κ2) is 4.85. The molecule has 0 saturated carbocycles. The highest BCUT2D eigenvalue weighted by Gasteiger charge is 2.42. The van der Waals surface area contributed by atoms with Gasteiger partial charge in [0.2, 0.25) is 5.91 Å². The molecule has 2 rings (SSSR count). The van der Waals surface area contributed by atoms with Gasteiger partial charge in [0.15, 0.2) is 0 Å². The van der Waals surface area contributed by atoms with Gasteiger partial charge in [-0.15, -0.1) is 0 Å². The molecule has 1 aliphatic rings. The Morgan fingerprint density at radius 3 is 2.68 bits per heavy atom. The third kappa shape index (κ3) is 2.21. The van der Waals surface area contributed by atoms with Crippen LogP contribution in [0.1, 0.15) is 25.8 Å². The average molecular weight is 261 g/mol. The van der Waals surface area contributed by atoms with Gasteiger partial charge in [-0.2, -0.15) is 0 Å². The lowest BCUT2D eigenvalue weighted by Gasteiger charge is -2.22. The van der Waals surface area contributed by atoms with E-state index in [0.717, 1.165) is 29.9 Å². The van der Waals surface area contributed by atoms with Gasteiger partial charge in [0, 0.05) is 32.0 Å². The largest absolute Gasteiger partial charge is 0.375 e. The van der Waals surface area contributed by atoms with Gasteiger partial charge in [-0.1, -0.05) is 0 Å². The summed E-state index contributed by atoms with van der Waals surface area (Å²) < 4.78 is 0. The van der Waals surface area contributed by atoms with E-state index in [1.807, 2.05) is 27.0 Å². The van der Waals surface area contributed by atoms with Gasteiger partial charge < -0.3 is 15.5 Å². The molecule has 0 bridgehead atoms. The van der Waals surface area contributed by atoms with Crippen LogP contribution in [-0.4, -0.2) is 33.1 Å². The summed E-state index contributed by atoms with van der Waals surface area (Å²) in [5, 5.41) is 0. The number of amides is 1. The van der Waals surface area contributed by atoms with E-state index in [1.165, 1.54) is 0 Å². The number of likely N-dealkylation sites (N-methyl/N-ethyl adjacent to an activating group) is 1. The topological polar surface area (TPSA) is 49.6 Å². The van der Waals surface area contributed by atoms with Crippen molar-refractivity contribution in [3.63, 3.8) is 0 Å². The molecule has 0 atom stereocenters. The van der Waals surface area contributed by atoms with Gasteiger partial charge in [-0.25, -0.2) is 0 Å². The Labute approximate surface area is 115 Å². The zero-order valence-electron chi connectivity index (χ0n) is 12.2. The summed E-state index contributed by atoms with van der Waals surface area (Å²) in [4.78, 5) is 16.2. The van der Waals surface area contributed by atoms with Crippen LogP contribution in [0.2, 0.25) is 0 Å². The molecule has 4 heteroatoms. The van der Waals surface area contributed by atoms with E-state index in [-0.39, 0.29) is 5.91 Å². The van der Waals surface area contributed by atoms with Crippen LogP contribution < -0.4 is 15.5 Å². The lowest BCUT2D eigenvalue weighted by Crippen LogP contribution is -2.33. The SMILES string of the molecule is CN(CCCN)c1ccc2c(c1)C(C)(C)C(=O)N2C. The summed E-state index contributed by atoms with van der Waals surface area (Å²) in [5.41, 5.74) is 8.38. The fourth-order valence-electron chi connectivity index (χ4n) is 2.66. The molecule has 4 nitrogen and oxygen atoms in total. The van der Waals surface area contributed by atoms with Crippen LogP contribution in [0, 0.1) is 0 Å². The van der Waals surface area contributed by atoms with Crippen LogP contribution in [0.5, 0.6) is 0 Å². The first-order valence-electron chi connectivity index (χ1n) is 6.73. The first-order valence-corrected chi connectivity index (χ1v) is 6.73. The van der Waals surface area contributed by atoms with E-state index in [1.54, 1.807) is 4.90 Å². The Kier molecular flexibility index (Phi) is 3.54. The maximum Gasteiger partial charge on any atom is 0.236 e. The number of anilines is 2. The minimum absolute atomic E-state index is 0.157. The van der Waals surface area contributed by atoms with E-state index in [9.17, 15) is 4.79 Å². The number of nitrogens with zero attached hydrogens (tertiary/aromatic N) is 2. The first-order chi connectivity index (χ1) is 8.89. The van der Waals surface area contributed by atoms with Crippen LogP contribution in [0.15, 0.2) is 18.2 Å². The summed E-state index contributed by atoms with van der Waals surface area (Å²) in [6.45, 7) is 5.60. The van der Waals surface area contributed by atoms with Crippen molar-refractivity contribution in [2.24, 2.45) is 5.73 Å². The monoisotopic (exact) mass is 261 g/mol. The van der Waals surface area contributed by atoms with Crippen LogP contribution >= 0.6 is 0 Å². The van der Waals surface area contributed by atoms with Gasteiger partial charge in [0.25, 0.3) is 0 Å². The van der Waals surface area contributed by atoms with Crippen molar-refractivity contribution in [2.75, 3.05) is 37.0 Å². The molecule has 104 valence electrons. The fraction of sp³-hybridized carbons (Fsp3) is 0.533. The highest BCUT2D eigenvalue weighted by Crippen LogP contribution is 2.42. The van der Waals surface area contributed by atoms with Crippen molar-refractivity contribution in [1.29, 1.82) is 0 Å². The Hall–Kier alpha value is -1.55. The summed E-state index contributed by atoms with van der Waals surface area (Å²) in [7, 11) is 3.90. The third-order valence-corrected chi connectivity index (χ3v) is 3.99. The van der Waals surface area contributed by atoms with Gasteiger partial charge >= 0.3 is 0 Å². The maximum atomic E-state index is 12.2. The maximum absolute atomic E-state index is 12.2. The van der Waals surface area contributed by atoms with Crippen LogP contribution in [0.25, 0.3) is 0 Å². The van der Waals surface area contributed by atoms with E-state index in [2.05, 4.69) is 24.1 Å². The molecule has 1 aliphatic heterocycles. The second-order valence-corrected chi connectivity index (χ2v) is 5.75. The third-order valence-electron chi connectivity index (χ3n) is 3.99. The molecule has 0 aliphatic carbocycles. The van der Waals surface area contributed by atoms with Crippen LogP contribution in [0.4, 0.5) is 11.4 Å². The quantitative estimate of drug-likeness (QED) is 0.898. The van der Waals surface area contributed by atoms with Gasteiger partial charge in [0.1, 0.15) is 0 Å². The molecule has 0 fully saturated rings. The Bertz CT molecular complexity index is 496. The number of nitrogens with two attached hydrogens (primary N) is 1. The highest BCUT2D eigenvalue weighted by atomic mass is 16.2. The van der Waals surface area contributed by atoms with E-state index < -0.39 is 5.41 Å². The number of carbonyl (C=O) groups is 1. The smallest absolute Gasteiger partial charge is 0.236 e. The van der Waals surface area contributed by atoms with Crippen LogP contribution in [-0.2, 0) is 10.2 Å². The molecule has 19 heavy (non-hydrogen) atoms. The highest BCUT2D eigenvalue weighted by molar-refractivity contribution is 6.07. The van der Waals surface area contributed by atoms with Crippen molar-refractivity contribution in [1.82, 2.24) is 0 Å². The van der Waals surface area contributed by atoms with Gasteiger partial charge in [0.05, 0.1) is 5.41 Å². The summed E-state index contributed by atoms with van der Waals surface area (Å²) >= 11 is 0. The number of hydrogen-bond donors (Lipinski definition) is 1. The molecule has 1 heterocycles. The molecule has 0 aromatic heterocycles. The average Bonchev–Trinajstić information content (AvgIpc) is 2.57. The van der Waals surface area contributed by atoms with Gasteiger partial charge in [-0.3, -0.25) is 4.79 Å². The summed E-state index contributed by atoms with van der Waals surface area (Å²) in [5.74, 6) is 0.157. The van der Waals surface area contributed by atoms with Crippen molar-refractivity contribution in [3.05, 3.63) is 23.8 Å². The molecule has 1 amide bonds. The molecule has 0 radical (unpaired) electrons. The van der Waals surface area contributed by atoms with Crippen molar-refractivity contribution < 1.29 is 4.79 Å². The minimum Gasteiger partial charge on any atom is -0.375 e. The second-order valence-electron chi connectivity index (χ2n) is 5.75. The molecule has 0 unspecified atom stereocenters. The molecular formula is C15H23N3O. The molecule has 0 saturated heterocycles. The van der Waals surface area contributed by atoms with E-state index in [4.69, 9.17) is 5.73 Å².